The number of nitrogens with one attached hydrogen (secondary N) is 1. The molecule has 0 saturated carbocycles. The number of hydrogen-bond acceptors (Lipinski definition) is 8. The van der Waals surface area contributed by atoms with Crippen LogP contribution < -0.4 is 5.32 Å². The molecule has 0 spiro atoms. The number of hydrogen-bond donors (Lipinski definition) is 6. The van der Waals surface area contributed by atoms with Gasteiger partial charge in [-0.15, -0.1) is 0 Å². The SMILES string of the molecule is CCCCC/C=C/CC/C=C/CC/C=C/C(O)C(COC1OC(CO)C(O)C(O)C1O)NC(=O)CCCCC. The standard InChI is InChI=1S/C30H53NO8/c1-3-5-7-8-9-10-11-12-13-14-15-16-18-19-24(33)23(31-26(34)20-17-6-4-2)22-38-30-29(37)28(36)27(35)25(21-32)39-30/h9-10,13-14,18-19,23-25,27-30,32-33,35-37H,3-8,11-12,15-17,20-22H2,1-2H3,(H,31,34)/b10-9+,14-13+,19-18+. The highest BCUT2D eigenvalue weighted by atomic mass is 16.7. The summed E-state index contributed by atoms with van der Waals surface area (Å²) in [6, 6.07) is -0.817. The van der Waals surface area contributed by atoms with Crippen molar-refractivity contribution in [3.05, 3.63) is 36.5 Å². The number of aliphatic hydroxyl groups is 5. The monoisotopic (exact) mass is 555 g/mol. The van der Waals surface area contributed by atoms with E-state index in [1.54, 1.807) is 6.08 Å². The summed E-state index contributed by atoms with van der Waals surface area (Å²) in [7, 11) is 0. The van der Waals surface area contributed by atoms with Crippen LogP contribution in [0, 0.1) is 0 Å². The Morgan fingerprint density at radius 1 is 0.846 bits per heavy atom. The molecule has 0 aliphatic carbocycles. The number of carbonyl (C=O) groups is 1. The van der Waals surface area contributed by atoms with E-state index in [1.807, 2.05) is 13.0 Å². The van der Waals surface area contributed by atoms with Crippen LogP contribution in [0.1, 0.15) is 90.9 Å². The molecule has 0 bridgehead atoms. The van der Waals surface area contributed by atoms with Crippen molar-refractivity contribution in [3.63, 3.8) is 0 Å². The van der Waals surface area contributed by atoms with Gasteiger partial charge in [-0.1, -0.05) is 76.0 Å². The molecule has 39 heavy (non-hydrogen) atoms. The molecule has 0 aromatic carbocycles. The third-order valence-corrected chi connectivity index (χ3v) is 6.70. The average Bonchev–Trinajstić information content (AvgIpc) is 2.93. The van der Waals surface area contributed by atoms with Crippen LogP contribution >= 0.6 is 0 Å². The van der Waals surface area contributed by atoms with Crippen LogP contribution in [-0.4, -0.2) is 87.5 Å². The molecule has 226 valence electrons. The first-order chi connectivity index (χ1) is 18.8. The molecule has 0 aromatic heterocycles. The summed E-state index contributed by atoms with van der Waals surface area (Å²) in [6.07, 6.45) is 15.6. The van der Waals surface area contributed by atoms with Crippen molar-refractivity contribution in [2.45, 2.75) is 134 Å². The van der Waals surface area contributed by atoms with Crippen LogP contribution in [0.5, 0.6) is 0 Å². The van der Waals surface area contributed by atoms with Gasteiger partial charge in [-0.25, -0.2) is 0 Å². The summed E-state index contributed by atoms with van der Waals surface area (Å²) < 4.78 is 11.0. The first-order valence-electron chi connectivity index (χ1n) is 14.7. The molecule has 0 aromatic rings. The van der Waals surface area contributed by atoms with Crippen LogP contribution in [-0.2, 0) is 14.3 Å². The van der Waals surface area contributed by atoms with E-state index in [0.717, 1.165) is 51.4 Å². The smallest absolute Gasteiger partial charge is 0.220 e. The second kappa shape index (κ2) is 22.1. The molecule has 1 saturated heterocycles. The maximum atomic E-state index is 12.4. The molecule has 6 N–H and O–H groups in total. The van der Waals surface area contributed by atoms with Crippen molar-refractivity contribution in [1.82, 2.24) is 5.32 Å². The highest BCUT2D eigenvalue weighted by Gasteiger charge is 2.44. The molecule has 7 unspecified atom stereocenters. The van der Waals surface area contributed by atoms with E-state index in [4.69, 9.17) is 9.47 Å². The van der Waals surface area contributed by atoms with Gasteiger partial charge in [0.05, 0.1) is 25.4 Å². The minimum Gasteiger partial charge on any atom is -0.394 e. The second-order valence-corrected chi connectivity index (χ2v) is 10.2. The molecule has 1 fully saturated rings. The number of ether oxygens (including phenoxy) is 2. The molecule has 0 radical (unpaired) electrons. The Kier molecular flexibility index (Phi) is 20.1. The Bertz CT molecular complexity index is 711. The average molecular weight is 556 g/mol. The van der Waals surface area contributed by atoms with E-state index in [0.29, 0.717) is 6.42 Å². The van der Waals surface area contributed by atoms with Crippen LogP contribution in [0.2, 0.25) is 0 Å². The second-order valence-electron chi connectivity index (χ2n) is 10.2. The fourth-order valence-electron chi connectivity index (χ4n) is 4.18. The fourth-order valence-corrected chi connectivity index (χ4v) is 4.18. The predicted octanol–water partition coefficient (Wildman–Crippen LogP) is 3.04. The summed E-state index contributed by atoms with van der Waals surface area (Å²) >= 11 is 0. The van der Waals surface area contributed by atoms with Crippen LogP contribution in [0.25, 0.3) is 0 Å². The highest BCUT2D eigenvalue weighted by molar-refractivity contribution is 5.76. The lowest BCUT2D eigenvalue weighted by molar-refractivity contribution is -0.302. The first kappa shape index (κ1) is 35.4. The molecule has 7 atom stereocenters. The van der Waals surface area contributed by atoms with Gasteiger partial charge in [-0.2, -0.15) is 0 Å². The summed E-state index contributed by atoms with van der Waals surface area (Å²) in [4.78, 5) is 12.4. The van der Waals surface area contributed by atoms with Gasteiger partial charge in [-0.05, 0) is 44.9 Å². The number of unbranched alkanes of at least 4 members (excludes halogenated alkanes) is 7. The molecule has 9 heteroatoms. The Morgan fingerprint density at radius 3 is 2.05 bits per heavy atom. The Hall–Kier alpha value is -1.59. The van der Waals surface area contributed by atoms with E-state index in [1.165, 1.54) is 19.3 Å². The van der Waals surface area contributed by atoms with Crippen LogP contribution in [0.4, 0.5) is 0 Å². The van der Waals surface area contributed by atoms with Gasteiger partial charge in [0.25, 0.3) is 0 Å². The summed E-state index contributed by atoms with van der Waals surface area (Å²) in [6.45, 7) is 3.47. The highest BCUT2D eigenvalue weighted by Crippen LogP contribution is 2.22. The van der Waals surface area contributed by atoms with Gasteiger partial charge in [0, 0.05) is 6.42 Å². The third-order valence-electron chi connectivity index (χ3n) is 6.70. The largest absolute Gasteiger partial charge is 0.394 e. The van der Waals surface area contributed by atoms with E-state index >= 15 is 0 Å². The number of amides is 1. The van der Waals surface area contributed by atoms with Gasteiger partial charge in [0.15, 0.2) is 6.29 Å². The zero-order chi connectivity index (χ0) is 28.9. The van der Waals surface area contributed by atoms with Crippen LogP contribution in [0.3, 0.4) is 0 Å². The molecule has 1 aliphatic heterocycles. The fraction of sp³-hybridized carbons (Fsp3) is 0.767. The van der Waals surface area contributed by atoms with Crippen LogP contribution in [0.15, 0.2) is 36.5 Å². The Labute approximate surface area is 234 Å². The van der Waals surface area contributed by atoms with Crippen molar-refractivity contribution >= 4 is 5.91 Å². The number of aliphatic hydroxyl groups excluding tert-OH is 5. The minimum atomic E-state index is -1.57. The number of allylic oxidation sites excluding steroid dienone is 5. The normalized spacial score (nSPS) is 25.6. The molecule has 1 amide bonds. The van der Waals surface area contributed by atoms with Crippen molar-refractivity contribution in [2.75, 3.05) is 13.2 Å². The Balaban J connectivity index is 2.56. The first-order valence-corrected chi connectivity index (χ1v) is 14.7. The maximum Gasteiger partial charge on any atom is 0.220 e. The van der Waals surface area contributed by atoms with Gasteiger partial charge in [0.1, 0.15) is 24.4 Å². The quantitative estimate of drug-likeness (QED) is 0.0935. The van der Waals surface area contributed by atoms with Gasteiger partial charge in [0.2, 0.25) is 5.91 Å². The number of carbonyl (C=O) groups excluding carboxylic acids is 1. The Morgan fingerprint density at radius 2 is 1.44 bits per heavy atom. The molecule has 1 heterocycles. The van der Waals surface area contributed by atoms with Crippen molar-refractivity contribution < 1.29 is 39.8 Å². The predicted molar refractivity (Wildman–Crippen MR) is 152 cm³/mol. The third kappa shape index (κ3) is 15.1. The number of rotatable bonds is 21. The lowest BCUT2D eigenvalue weighted by Gasteiger charge is -2.40. The van der Waals surface area contributed by atoms with Crippen molar-refractivity contribution in [2.24, 2.45) is 0 Å². The summed E-state index contributed by atoms with van der Waals surface area (Å²) in [5, 5.41) is 53.1. The van der Waals surface area contributed by atoms with E-state index < -0.39 is 49.5 Å². The van der Waals surface area contributed by atoms with E-state index in [2.05, 4.69) is 36.5 Å². The molecule has 1 aliphatic rings. The van der Waals surface area contributed by atoms with Crippen molar-refractivity contribution in [1.29, 1.82) is 0 Å². The molecule has 9 nitrogen and oxygen atoms in total. The maximum absolute atomic E-state index is 12.4. The van der Waals surface area contributed by atoms with Crippen molar-refractivity contribution in [3.8, 4) is 0 Å². The van der Waals surface area contributed by atoms with E-state index in [-0.39, 0.29) is 12.5 Å². The van der Waals surface area contributed by atoms with Gasteiger partial charge >= 0.3 is 0 Å². The zero-order valence-electron chi connectivity index (χ0n) is 23.9. The molecular formula is C30H53NO8. The van der Waals surface area contributed by atoms with Gasteiger partial charge < -0.3 is 40.3 Å². The van der Waals surface area contributed by atoms with E-state index in [9.17, 15) is 30.3 Å². The van der Waals surface area contributed by atoms with Gasteiger partial charge in [-0.3, -0.25) is 4.79 Å². The summed E-state index contributed by atoms with van der Waals surface area (Å²) in [5.74, 6) is -0.222. The lowest BCUT2D eigenvalue weighted by atomic mass is 9.99. The minimum absolute atomic E-state index is 0.209. The topological polar surface area (TPSA) is 149 Å². The lowest BCUT2D eigenvalue weighted by Crippen LogP contribution is -2.60. The molecule has 1 rings (SSSR count). The summed E-state index contributed by atoms with van der Waals surface area (Å²) in [5.41, 5.74) is 0. The molecular weight excluding hydrogens is 502 g/mol. The zero-order valence-corrected chi connectivity index (χ0v) is 23.9.